The van der Waals surface area contributed by atoms with Crippen molar-refractivity contribution in [1.82, 2.24) is 10.3 Å². The molecule has 2 N–H and O–H groups in total. The Morgan fingerprint density at radius 2 is 1.92 bits per heavy atom. The van der Waals surface area contributed by atoms with Crippen molar-refractivity contribution in [3.63, 3.8) is 0 Å². The minimum atomic E-state index is -0.723. The second kappa shape index (κ2) is 8.44. The van der Waals surface area contributed by atoms with Gasteiger partial charge in [-0.3, -0.25) is 4.79 Å². The van der Waals surface area contributed by atoms with Crippen molar-refractivity contribution in [2.45, 2.75) is 39.3 Å². The minimum absolute atomic E-state index is 0.158. The number of alkyl carbamates (subject to hydrolysis) is 1. The van der Waals surface area contributed by atoms with Crippen molar-refractivity contribution < 1.29 is 14.3 Å². The topological polar surface area (TPSA) is 80.3 Å². The predicted octanol–water partition coefficient (Wildman–Crippen LogP) is 3.52. The SMILES string of the molecule is CC(C)c1csc(NC(=O)[C@H](C)NC(=O)OCc2ccccc2)n1. The first kappa shape index (κ1) is 17.9. The summed E-state index contributed by atoms with van der Waals surface area (Å²) in [7, 11) is 0. The zero-order valence-electron chi connectivity index (χ0n) is 13.9. The molecule has 0 aliphatic heterocycles. The molecule has 1 aromatic heterocycles. The van der Waals surface area contributed by atoms with Gasteiger partial charge in [0.15, 0.2) is 5.13 Å². The molecule has 1 heterocycles. The fraction of sp³-hybridized carbons (Fsp3) is 0.353. The number of nitrogens with zero attached hydrogens (tertiary/aromatic N) is 1. The maximum Gasteiger partial charge on any atom is 0.408 e. The lowest BCUT2D eigenvalue weighted by molar-refractivity contribution is -0.117. The smallest absolute Gasteiger partial charge is 0.408 e. The number of carbonyl (C=O) groups is 2. The van der Waals surface area contributed by atoms with Crippen LogP contribution in [-0.4, -0.2) is 23.0 Å². The van der Waals surface area contributed by atoms with Crippen LogP contribution in [0.4, 0.5) is 9.93 Å². The summed E-state index contributed by atoms with van der Waals surface area (Å²) in [5, 5.41) is 7.63. The molecule has 2 amide bonds. The average Bonchev–Trinajstić information content (AvgIpc) is 3.02. The molecule has 0 radical (unpaired) electrons. The molecule has 1 atom stereocenters. The summed E-state index contributed by atoms with van der Waals surface area (Å²) in [6, 6.07) is 8.62. The van der Waals surface area contributed by atoms with Crippen LogP contribution in [0, 0.1) is 0 Å². The molecule has 0 saturated carbocycles. The number of hydrogen-bond donors (Lipinski definition) is 2. The Balaban J connectivity index is 1.78. The third-order valence-electron chi connectivity index (χ3n) is 3.28. The van der Waals surface area contributed by atoms with Crippen LogP contribution in [0.2, 0.25) is 0 Å². The van der Waals surface area contributed by atoms with Crippen LogP contribution in [0.5, 0.6) is 0 Å². The average molecular weight is 347 g/mol. The van der Waals surface area contributed by atoms with Gasteiger partial charge in [0, 0.05) is 5.38 Å². The number of amides is 2. The molecule has 0 bridgehead atoms. The van der Waals surface area contributed by atoms with Gasteiger partial charge in [-0.15, -0.1) is 11.3 Å². The number of hydrogen-bond acceptors (Lipinski definition) is 5. The standard InChI is InChI=1S/C17H21N3O3S/c1-11(2)14-10-24-16(19-14)20-15(21)12(3)18-17(22)23-9-13-7-5-4-6-8-13/h4-8,10-12H,9H2,1-3H3,(H,18,22)(H,19,20,21)/t12-/m0/s1. The van der Waals surface area contributed by atoms with Gasteiger partial charge < -0.3 is 15.4 Å². The molecule has 0 spiro atoms. The zero-order valence-corrected chi connectivity index (χ0v) is 14.7. The van der Waals surface area contributed by atoms with Crippen LogP contribution in [0.25, 0.3) is 0 Å². The highest BCUT2D eigenvalue weighted by molar-refractivity contribution is 7.13. The number of rotatable bonds is 6. The highest BCUT2D eigenvalue weighted by atomic mass is 32.1. The molecule has 7 heteroatoms. The monoisotopic (exact) mass is 347 g/mol. The van der Waals surface area contributed by atoms with Crippen molar-refractivity contribution in [3.8, 4) is 0 Å². The van der Waals surface area contributed by atoms with Crippen LogP contribution in [0.1, 0.15) is 37.9 Å². The summed E-state index contributed by atoms with van der Waals surface area (Å²) >= 11 is 1.36. The molecule has 0 unspecified atom stereocenters. The first-order valence-electron chi connectivity index (χ1n) is 7.69. The highest BCUT2D eigenvalue weighted by Gasteiger charge is 2.18. The number of ether oxygens (including phenoxy) is 1. The lowest BCUT2D eigenvalue weighted by atomic mass is 10.2. The molecular formula is C17H21N3O3S. The van der Waals surface area contributed by atoms with E-state index >= 15 is 0 Å². The van der Waals surface area contributed by atoms with Crippen molar-refractivity contribution in [2.75, 3.05) is 5.32 Å². The number of nitrogens with one attached hydrogen (secondary N) is 2. The molecule has 2 rings (SSSR count). The van der Waals surface area contributed by atoms with E-state index in [2.05, 4.69) is 15.6 Å². The largest absolute Gasteiger partial charge is 0.445 e. The minimum Gasteiger partial charge on any atom is -0.445 e. The van der Waals surface area contributed by atoms with Gasteiger partial charge in [0.05, 0.1) is 5.69 Å². The number of carbonyl (C=O) groups excluding carboxylic acids is 2. The normalized spacial score (nSPS) is 11.8. The summed E-state index contributed by atoms with van der Waals surface area (Å²) in [6.45, 7) is 5.82. The first-order valence-corrected chi connectivity index (χ1v) is 8.57. The van der Waals surface area contributed by atoms with Crippen molar-refractivity contribution in [1.29, 1.82) is 0 Å². The van der Waals surface area contributed by atoms with E-state index in [0.29, 0.717) is 11.0 Å². The Morgan fingerprint density at radius 1 is 1.21 bits per heavy atom. The van der Waals surface area contributed by atoms with Crippen LogP contribution >= 0.6 is 11.3 Å². The van der Waals surface area contributed by atoms with E-state index in [-0.39, 0.29) is 12.5 Å². The van der Waals surface area contributed by atoms with Gasteiger partial charge in [-0.1, -0.05) is 44.2 Å². The lowest BCUT2D eigenvalue weighted by Gasteiger charge is -2.13. The van der Waals surface area contributed by atoms with Gasteiger partial charge in [0.1, 0.15) is 12.6 Å². The molecule has 0 aliphatic rings. The van der Waals surface area contributed by atoms with Gasteiger partial charge in [-0.2, -0.15) is 0 Å². The van der Waals surface area contributed by atoms with Gasteiger partial charge in [-0.25, -0.2) is 9.78 Å². The number of aromatic nitrogens is 1. The molecule has 0 fully saturated rings. The molecule has 24 heavy (non-hydrogen) atoms. The van der Waals surface area contributed by atoms with Crippen LogP contribution in [0.15, 0.2) is 35.7 Å². The molecule has 1 aromatic carbocycles. The maximum atomic E-state index is 12.1. The maximum absolute atomic E-state index is 12.1. The van der Waals surface area contributed by atoms with E-state index in [1.165, 1.54) is 11.3 Å². The van der Waals surface area contributed by atoms with Gasteiger partial charge in [0.25, 0.3) is 0 Å². The Hall–Kier alpha value is -2.41. The highest BCUT2D eigenvalue weighted by Crippen LogP contribution is 2.21. The number of thiazole rings is 1. The first-order chi connectivity index (χ1) is 11.5. The summed E-state index contributed by atoms with van der Waals surface area (Å²) < 4.78 is 5.09. The predicted molar refractivity (Wildman–Crippen MR) is 94.1 cm³/mol. The number of anilines is 1. The van der Waals surface area contributed by atoms with E-state index in [1.54, 1.807) is 6.92 Å². The summed E-state index contributed by atoms with van der Waals surface area (Å²) in [6.07, 6.45) is -0.636. The van der Waals surface area contributed by atoms with Crippen molar-refractivity contribution in [2.24, 2.45) is 0 Å². The molecular weight excluding hydrogens is 326 g/mol. The third-order valence-corrected chi connectivity index (χ3v) is 4.06. The Kier molecular flexibility index (Phi) is 6.31. The third kappa shape index (κ3) is 5.34. The van der Waals surface area contributed by atoms with Gasteiger partial charge >= 0.3 is 6.09 Å². The number of benzene rings is 1. The second-order valence-electron chi connectivity index (χ2n) is 5.65. The van der Waals surface area contributed by atoms with Crippen LogP contribution in [-0.2, 0) is 16.1 Å². The summed E-state index contributed by atoms with van der Waals surface area (Å²) in [4.78, 5) is 28.2. The molecule has 128 valence electrons. The lowest BCUT2D eigenvalue weighted by Crippen LogP contribution is -2.41. The molecule has 2 aromatic rings. The molecule has 0 aliphatic carbocycles. The van der Waals surface area contributed by atoms with E-state index in [4.69, 9.17) is 4.74 Å². The summed E-state index contributed by atoms with van der Waals surface area (Å²) in [5.74, 6) is -0.0354. The quantitative estimate of drug-likeness (QED) is 0.838. The van der Waals surface area contributed by atoms with Crippen LogP contribution in [0.3, 0.4) is 0 Å². The second-order valence-corrected chi connectivity index (χ2v) is 6.51. The Labute approximate surface area is 145 Å². The fourth-order valence-corrected chi connectivity index (χ4v) is 2.70. The summed E-state index contributed by atoms with van der Waals surface area (Å²) in [5.41, 5.74) is 1.81. The van der Waals surface area contributed by atoms with E-state index in [0.717, 1.165) is 11.3 Å². The van der Waals surface area contributed by atoms with Crippen molar-refractivity contribution >= 4 is 28.5 Å². The van der Waals surface area contributed by atoms with Gasteiger partial charge in [0.2, 0.25) is 5.91 Å². The van der Waals surface area contributed by atoms with Crippen LogP contribution < -0.4 is 10.6 Å². The Bertz CT molecular complexity index is 685. The fourth-order valence-electron chi connectivity index (χ4n) is 1.83. The molecule has 0 saturated heterocycles. The van der Waals surface area contributed by atoms with E-state index in [9.17, 15) is 9.59 Å². The van der Waals surface area contributed by atoms with Crippen molar-refractivity contribution in [3.05, 3.63) is 47.0 Å². The van der Waals surface area contributed by atoms with E-state index < -0.39 is 12.1 Å². The Morgan fingerprint density at radius 3 is 2.54 bits per heavy atom. The zero-order chi connectivity index (χ0) is 17.5. The molecule has 6 nitrogen and oxygen atoms in total. The van der Waals surface area contributed by atoms with Gasteiger partial charge in [-0.05, 0) is 18.4 Å². The van der Waals surface area contributed by atoms with E-state index in [1.807, 2.05) is 49.6 Å².